The Labute approximate surface area is 128 Å². The number of para-hydroxylation sites is 1. The fraction of sp³-hybridized carbons (Fsp3) is 0.333. The van der Waals surface area contributed by atoms with E-state index >= 15 is 0 Å². The number of rotatable bonds is 5. The third-order valence-corrected chi connectivity index (χ3v) is 3.53. The summed E-state index contributed by atoms with van der Waals surface area (Å²) in [6.07, 6.45) is 1.52. The minimum absolute atomic E-state index is 0.338. The van der Waals surface area contributed by atoms with E-state index in [0.29, 0.717) is 23.7 Å². The topological polar surface area (TPSA) is 56.1 Å². The van der Waals surface area contributed by atoms with Crippen molar-refractivity contribution >= 4 is 23.3 Å². The Kier molecular flexibility index (Phi) is 4.85. The van der Waals surface area contributed by atoms with Crippen LogP contribution in [0.15, 0.2) is 24.4 Å². The lowest BCUT2D eigenvalue weighted by molar-refractivity contribution is 0.0525. The quantitative estimate of drug-likeness (QED) is 0.862. The minimum Gasteiger partial charge on any atom is -0.462 e. The molecule has 1 N–H and O–H groups in total. The van der Waals surface area contributed by atoms with Gasteiger partial charge in [0.15, 0.2) is 0 Å². The average Bonchev–Trinajstić information content (AvgIpc) is 2.80. The van der Waals surface area contributed by atoms with Crippen LogP contribution < -0.4 is 5.32 Å². The van der Waals surface area contributed by atoms with Crippen LogP contribution in [0.3, 0.4) is 0 Å². The van der Waals surface area contributed by atoms with E-state index in [4.69, 9.17) is 16.3 Å². The Balaban J connectivity index is 2.21. The highest BCUT2D eigenvalue weighted by atomic mass is 35.5. The second kappa shape index (κ2) is 6.63. The minimum atomic E-state index is -0.363. The van der Waals surface area contributed by atoms with Crippen LogP contribution >= 0.6 is 11.6 Å². The summed E-state index contributed by atoms with van der Waals surface area (Å²) in [5.74, 6) is -0.363. The van der Waals surface area contributed by atoms with Gasteiger partial charge in [0.2, 0.25) is 0 Å². The molecule has 0 saturated carbocycles. The summed E-state index contributed by atoms with van der Waals surface area (Å²) in [5, 5.41) is 8.03. The number of carbonyl (C=O) groups is 1. The van der Waals surface area contributed by atoms with Gasteiger partial charge in [-0.25, -0.2) is 4.79 Å². The largest absolute Gasteiger partial charge is 0.462 e. The van der Waals surface area contributed by atoms with Crippen molar-refractivity contribution in [1.82, 2.24) is 9.78 Å². The van der Waals surface area contributed by atoms with Crippen molar-refractivity contribution in [2.45, 2.75) is 20.4 Å². The molecule has 0 fully saturated rings. The summed E-state index contributed by atoms with van der Waals surface area (Å²) < 4.78 is 6.69. The zero-order valence-corrected chi connectivity index (χ0v) is 13.1. The molecule has 0 bridgehead atoms. The molecule has 1 aromatic heterocycles. The summed E-state index contributed by atoms with van der Waals surface area (Å²) in [6, 6.07) is 5.70. The van der Waals surface area contributed by atoms with E-state index in [1.54, 1.807) is 18.7 Å². The van der Waals surface area contributed by atoms with Gasteiger partial charge in [-0.2, -0.15) is 5.10 Å². The van der Waals surface area contributed by atoms with Crippen molar-refractivity contribution in [3.05, 3.63) is 46.2 Å². The first-order chi connectivity index (χ1) is 10.0. The van der Waals surface area contributed by atoms with Crippen molar-refractivity contribution < 1.29 is 9.53 Å². The van der Waals surface area contributed by atoms with Gasteiger partial charge in [-0.05, 0) is 25.5 Å². The maximum absolute atomic E-state index is 11.9. The normalized spacial score (nSPS) is 10.5. The number of esters is 1. The predicted molar refractivity (Wildman–Crippen MR) is 82.7 cm³/mol. The lowest BCUT2D eigenvalue weighted by atomic mass is 10.2. The van der Waals surface area contributed by atoms with Gasteiger partial charge in [-0.3, -0.25) is 4.68 Å². The Morgan fingerprint density at radius 3 is 2.90 bits per heavy atom. The van der Waals surface area contributed by atoms with Gasteiger partial charge >= 0.3 is 5.97 Å². The molecule has 0 radical (unpaired) electrons. The molecular weight excluding hydrogens is 290 g/mol. The molecule has 1 aromatic carbocycles. The van der Waals surface area contributed by atoms with Crippen LogP contribution in [0.2, 0.25) is 5.02 Å². The highest BCUT2D eigenvalue weighted by molar-refractivity contribution is 6.33. The second-order valence-electron chi connectivity index (χ2n) is 4.63. The maximum Gasteiger partial charge on any atom is 0.341 e. The number of aryl methyl sites for hydroxylation is 2. The van der Waals surface area contributed by atoms with E-state index in [1.807, 2.05) is 25.1 Å². The Bertz CT molecular complexity index is 632. The van der Waals surface area contributed by atoms with Crippen molar-refractivity contribution in [1.29, 1.82) is 0 Å². The SMILES string of the molecule is CCOC(=O)c1cnn(C)c1CNc1c(C)cccc1Cl. The maximum atomic E-state index is 11.9. The molecule has 6 heteroatoms. The van der Waals surface area contributed by atoms with E-state index in [2.05, 4.69) is 10.4 Å². The van der Waals surface area contributed by atoms with Gasteiger partial charge in [0, 0.05) is 7.05 Å². The predicted octanol–water partition coefficient (Wildman–Crippen LogP) is 3.17. The van der Waals surface area contributed by atoms with Crippen molar-refractivity contribution in [2.24, 2.45) is 7.05 Å². The number of ether oxygens (including phenoxy) is 1. The van der Waals surface area contributed by atoms with Gasteiger partial charge in [-0.1, -0.05) is 23.7 Å². The Morgan fingerprint density at radius 1 is 1.48 bits per heavy atom. The number of anilines is 1. The fourth-order valence-corrected chi connectivity index (χ4v) is 2.37. The number of halogens is 1. The first-order valence-electron chi connectivity index (χ1n) is 6.71. The summed E-state index contributed by atoms with van der Waals surface area (Å²) in [5.41, 5.74) is 3.13. The van der Waals surface area contributed by atoms with Gasteiger partial charge in [0.25, 0.3) is 0 Å². The molecule has 112 valence electrons. The highest BCUT2D eigenvalue weighted by Crippen LogP contribution is 2.26. The molecule has 0 aliphatic heterocycles. The second-order valence-corrected chi connectivity index (χ2v) is 5.04. The summed E-state index contributed by atoms with van der Waals surface area (Å²) in [4.78, 5) is 11.9. The molecule has 21 heavy (non-hydrogen) atoms. The Hall–Kier alpha value is -2.01. The lowest BCUT2D eigenvalue weighted by Crippen LogP contribution is -2.13. The number of nitrogens with zero attached hydrogens (tertiary/aromatic N) is 2. The average molecular weight is 308 g/mol. The molecule has 0 saturated heterocycles. The Morgan fingerprint density at radius 2 is 2.24 bits per heavy atom. The fourth-order valence-electron chi connectivity index (χ4n) is 2.08. The molecule has 5 nitrogen and oxygen atoms in total. The third kappa shape index (κ3) is 3.36. The van der Waals surface area contributed by atoms with Crippen LogP contribution in [-0.4, -0.2) is 22.4 Å². The van der Waals surface area contributed by atoms with Gasteiger partial charge in [-0.15, -0.1) is 0 Å². The zero-order chi connectivity index (χ0) is 15.4. The molecule has 0 aliphatic carbocycles. The van der Waals surface area contributed by atoms with E-state index in [9.17, 15) is 4.79 Å². The van der Waals surface area contributed by atoms with E-state index in [1.165, 1.54) is 6.20 Å². The summed E-state index contributed by atoms with van der Waals surface area (Å²) in [7, 11) is 1.79. The number of hydrogen-bond donors (Lipinski definition) is 1. The van der Waals surface area contributed by atoms with Crippen LogP contribution in [0.25, 0.3) is 0 Å². The highest BCUT2D eigenvalue weighted by Gasteiger charge is 2.17. The number of aromatic nitrogens is 2. The first kappa shape index (κ1) is 15.4. The monoisotopic (exact) mass is 307 g/mol. The van der Waals surface area contributed by atoms with E-state index < -0.39 is 0 Å². The number of benzene rings is 1. The number of hydrogen-bond acceptors (Lipinski definition) is 4. The molecule has 2 aromatic rings. The molecular formula is C15H18ClN3O2. The van der Waals surface area contributed by atoms with Gasteiger partial charge in [0.05, 0.1) is 35.8 Å². The molecule has 1 heterocycles. The molecule has 0 amide bonds. The summed E-state index contributed by atoms with van der Waals surface area (Å²) in [6.45, 7) is 4.53. The summed E-state index contributed by atoms with van der Waals surface area (Å²) >= 11 is 6.18. The third-order valence-electron chi connectivity index (χ3n) is 3.21. The van der Waals surface area contributed by atoms with E-state index in [-0.39, 0.29) is 5.97 Å². The lowest BCUT2D eigenvalue weighted by Gasteiger charge is -2.12. The van der Waals surface area contributed by atoms with Crippen molar-refractivity contribution in [3.8, 4) is 0 Å². The standard InChI is InChI=1S/C15H18ClN3O2/c1-4-21-15(20)11-8-18-19(3)13(11)9-17-14-10(2)6-5-7-12(14)16/h5-8,17H,4,9H2,1-3H3. The van der Waals surface area contributed by atoms with Crippen LogP contribution in [-0.2, 0) is 18.3 Å². The van der Waals surface area contributed by atoms with Gasteiger partial charge in [0.1, 0.15) is 5.56 Å². The van der Waals surface area contributed by atoms with Crippen molar-refractivity contribution in [2.75, 3.05) is 11.9 Å². The number of carbonyl (C=O) groups excluding carboxylic acids is 1. The van der Waals surface area contributed by atoms with E-state index in [0.717, 1.165) is 16.9 Å². The first-order valence-corrected chi connectivity index (χ1v) is 7.09. The smallest absolute Gasteiger partial charge is 0.341 e. The van der Waals surface area contributed by atoms with Crippen LogP contribution in [0, 0.1) is 6.92 Å². The molecule has 0 spiro atoms. The van der Waals surface area contributed by atoms with Crippen LogP contribution in [0.1, 0.15) is 28.5 Å². The molecule has 0 aliphatic rings. The van der Waals surface area contributed by atoms with Crippen molar-refractivity contribution in [3.63, 3.8) is 0 Å². The molecule has 2 rings (SSSR count). The number of nitrogens with one attached hydrogen (secondary N) is 1. The van der Waals surface area contributed by atoms with Gasteiger partial charge < -0.3 is 10.1 Å². The van der Waals surface area contributed by atoms with Crippen LogP contribution in [0.5, 0.6) is 0 Å². The zero-order valence-electron chi connectivity index (χ0n) is 12.3. The molecule has 0 unspecified atom stereocenters. The van der Waals surface area contributed by atoms with Crippen LogP contribution in [0.4, 0.5) is 5.69 Å². The molecule has 0 atom stereocenters.